The SMILES string of the molecule is CCCCCCC(O)Cc1ccc(C)cn1. The molecule has 0 bridgehead atoms. The van der Waals surface area contributed by atoms with Crippen molar-refractivity contribution in [1.29, 1.82) is 0 Å². The van der Waals surface area contributed by atoms with E-state index in [2.05, 4.69) is 11.9 Å². The minimum atomic E-state index is -0.230. The van der Waals surface area contributed by atoms with Gasteiger partial charge in [0.15, 0.2) is 0 Å². The summed E-state index contributed by atoms with van der Waals surface area (Å²) < 4.78 is 0. The Kier molecular flexibility index (Phi) is 6.09. The van der Waals surface area contributed by atoms with Gasteiger partial charge in [0.1, 0.15) is 0 Å². The van der Waals surface area contributed by atoms with Crippen LogP contribution < -0.4 is 0 Å². The van der Waals surface area contributed by atoms with Gasteiger partial charge >= 0.3 is 0 Å². The van der Waals surface area contributed by atoms with E-state index in [1.165, 1.54) is 24.8 Å². The van der Waals surface area contributed by atoms with Crippen molar-refractivity contribution in [1.82, 2.24) is 4.98 Å². The maximum atomic E-state index is 9.83. The molecule has 1 aromatic heterocycles. The summed E-state index contributed by atoms with van der Waals surface area (Å²) >= 11 is 0. The molecule has 0 saturated carbocycles. The summed E-state index contributed by atoms with van der Waals surface area (Å²) in [7, 11) is 0. The summed E-state index contributed by atoms with van der Waals surface area (Å²) in [5, 5.41) is 9.83. The summed E-state index contributed by atoms with van der Waals surface area (Å²) in [5.41, 5.74) is 2.16. The molecule has 0 fully saturated rings. The Morgan fingerprint density at radius 3 is 2.69 bits per heavy atom. The van der Waals surface area contributed by atoms with Gasteiger partial charge in [0, 0.05) is 18.3 Å². The predicted molar refractivity (Wildman–Crippen MR) is 67.4 cm³/mol. The average Bonchev–Trinajstić information content (AvgIpc) is 2.28. The highest BCUT2D eigenvalue weighted by Crippen LogP contribution is 2.09. The highest BCUT2D eigenvalue weighted by molar-refractivity contribution is 5.12. The molecular weight excluding hydrogens is 198 g/mol. The van der Waals surface area contributed by atoms with Crippen molar-refractivity contribution in [3.05, 3.63) is 29.6 Å². The molecule has 0 radical (unpaired) electrons. The van der Waals surface area contributed by atoms with Crippen LogP contribution in [0.25, 0.3) is 0 Å². The lowest BCUT2D eigenvalue weighted by atomic mass is 10.1. The van der Waals surface area contributed by atoms with Crippen molar-refractivity contribution in [3.63, 3.8) is 0 Å². The molecule has 1 aromatic rings. The first-order valence-electron chi connectivity index (χ1n) is 6.32. The molecule has 0 saturated heterocycles. The number of aliphatic hydroxyl groups excluding tert-OH is 1. The predicted octanol–water partition coefficient (Wildman–Crippen LogP) is 3.26. The molecule has 0 aliphatic heterocycles. The number of aromatic nitrogens is 1. The van der Waals surface area contributed by atoms with E-state index < -0.39 is 0 Å². The van der Waals surface area contributed by atoms with Crippen LogP contribution in [0.3, 0.4) is 0 Å². The fourth-order valence-electron chi connectivity index (χ4n) is 1.77. The molecule has 0 aliphatic carbocycles. The van der Waals surface area contributed by atoms with Crippen molar-refractivity contribution < 1.29 is 5.11 Å². The minimum Gasteiger partial charge on any atom is -0.393 e. The monoisotopic (exact) mass is 221 g/mol. The van der Waals surface area contributed by atoms with Gasteiger partial charge in [0.05, 0.1) is 6.10 Å². The molecule has 1 atom stereocenters. The number of unbranched alkanes of at least 4 members (excludes halogenated alkanes) is 3. The van der Waals surface area contributed by atoms with Crippen LogP contribution >= 0.6 is 0 Å². The number of hydrogen-bond donors (Lipinski definition) is 1. The van der Waals surface area contributed by atoms with E-state index in [4.69, 9.17) is 0 Å². The Morgan fingerprint density at radius 1 is 1.25 bits per heavy atom. The molecule has 1 heterocycles. The highest BCUT2D eigenvalue weighted by Gasteiger charge is 2.05. The van der Waals surface area contributed by atoms with Gasteiger partial charge < -0.3 is 5.11 Å². The smallest absolute Gasteiger partial charge is 0.0595 e. The van der Waals surface area contributed by atoms with E-state index in [0.717, 1.165) is 18.5 Å². The van der Waals surface area contributed by atoms with Gasteiger partial charge in [-0.15, -0.1) is 0 Å². The van der Waals surface area contributed by atoms with Crippen LogP contribution in [0.1, 0.15) is 50.3 Å². The van der Waals surface area contributed by atoms with Gasteiger partial charge in [0.25, 0.3) is 0 Å². The van der Waals surface area contributed by atoms with E-state index >= 15 is 0 Å². The van der Waals surface area contributed by atoms with E-state index in [0.29, 0.717) is 6.42 Å². The quantitative estimate of drug-likeness (QED) is 0.717. The third kappa shape index (κ3) is 5.26. The van der Waals surface area contributed by atoms with Crippen molar-refractivity contribution in [2.45, 2.75) is 58.5 Å². The second-order valence-electron chi connectivity index (χ2n) is 4.53. The first-order valence-corrected chi connectivity index (χ1v) is 6.32. The Balaban J connectivity index is 2.23. The van der Waals surface area contributed by atoms with Crippen LogP contribution in [0.5, 0.6) is 0 Å². The lowest BCUT2D eigenvalue weighted by Crippen LogP contribution is -2.11. The van der Waals surface area contributed by atoms with E-state index in [-0.39, 0.29) is 6.10 Å². The van der Waals surface area contributed by atoms with Crippen LogP contribution in [0.2, 0.25) is 0 Å². The fraction of sp³-hybridized carbons (Fsp3) is 0.643. The molecule has 2 nitrogen and oxygen atoms in total. The summed E-state index contributed by atoms with van der Waals surface area (Å²) in [6.07, 6.45) is 8.09. The van der Waals surface area contributed by atoms with Gasteiger partial charge in [-0.2, -0.15) is 0 Å². The first kappa shape index (κ1) is 13.2. The van der Waals surface area contributed by atoms with E-state index in [9.17, 15) is 5.11 Å². The largest absolute Gasteiger partial charge is 0.393 e. The van der Waals surface area contributed by atoms with E-state index in [1.54, 1.807) is 0 Å². The van der Waals surface area contributed by atoms with Crippen LogP contribution in [0.4, 0.5) is 0 Å². The van der Waals surface area contributed by atoms with Gasteiger partial charge in [-0.3, -0.25) is 4.98 Å². The maximum Gasteiger partial charge on any atom is 0.0595 e. The van der Waals surface area contributed by atoms with Gasteiger partial charge in [-0.1, -0.05) is 38.7 Å². The molecule has 1 rings (SSSR count). The Labute approximate surface area is 98.7 Å². The van der Waals surface area contributed by atoms with Crippen LogP contribution in [0.15, 0.2) is 18.3 Å². The summed E-state index contributed by atoms with van der Waals surface area (Å²) in [6.45, 7) is 4.23. The zero-order valence-electron chi connectivity index (χ0n) is 10.4. The lowest BCUT2D eigenvalue weighted by molar-refractivity contribution is 0.160. The van der Waals surface area contributed by atoms with Crippen LogP contribution in [-0.4, -0.2) is 16.2 Å². The van der Waals surface area contributed by atoms with Crippen molar-refractivity contribution in [2.75, 3.05) is 0 Å². The molecule has 0 aliphatic rings. The van der Waals surface area contributed by atoms with E-state index in [1.807, 2.05) is 25.3 Å². The van der Waals surface area contributed by atoms with Gasteiger partial charge in [0.2, 0.25) is 0 Å². The normalized spacial score (nSPS) is 12.7. The molecule has 2 heteroatoms. The van der Waals surface area contributed by atoms with Gasteiger partial charge in [-0.25, -0.2) is 0 Å². The minimum absolute atomic E-state index is 0.230. The lowest BCUT2D eigenvalue weighted by Gasteiger charge is -2.09. The molecule has 1 N–H and O–H groups in total. The molecule has 16 heavy (non-hydrogen) atoms. The number of nitrogens with zero attached hydrogens (tertiary/aromatic N) is 1. The zero-order chi connectivity index (χ0) is 11.8. The number of aryl methyl sites for hydroxylation is 1. The molecule has 0 spiro atoms. The molecule has 0 aromatic carbocycles. The Morgan fingerprint density at radius 2 is 2.06 bits per heavy atom. The third-order valence-corrected chi connectivity index (χ3v) is 2.81. The second-order valence-corrected chi connectivity index (χ2v) is 4.53. The number of hydrogen-bond acceptors (Lipinski definition) is 2. The van der Waals surface area contributed by atoms with Crippen molar-refractivity contribution in [3.8, 4) is 0 Å². The summed E-state index contributed by atoms with van der Waals surface area (Å²) in [4.78, 5) is 4.30. The Hall–Kier alpha value is -0.890. The Bertz CT molecular complexity index is 281. The fourth-order valence-corrected chi connectivity index (χ4v) is 1.77. The topological polar surface area (TPSA) is 33.1 Å². The van der Waals surface area contributed by atoms with Crippen molar-refractivity contribution in [2.24, 2.45) is 0 Å². The van der Waals surface area contributed by atoms with Crippen LogP contribution in [-0.2, 0) is 6.42 Å². The molecular formula is C14H23NO. The number of aliphatic hydroxyl groups is 1. The maximum absolute atomic E-state index is 9.83. The molecule has 90 valence electrons. The van der Waals surface area contributed by atoms with Gasteiger partial charge in [-0.05, 0) is 25.0 Å². The first-order chi connectivity index (χ1) is 7.72. The summed E-state index contributed by atoms with van der Waals surface area (Å²) in [6, 6.07) is 4.05. The van der Waals surface area contributed by atoms with Crippen LogP contribution in [0, 0.1) is 6.92 Å². The average molecular weight is 221 g/mol. The standard InChI is InChI=1S/C14H23NO/c1-3-4-5-6-7-14(16)10-13-9-8-12(2)11-15-13/h8-9,11,14,16H,3-7,10H2,1-2H3. The number of pyridine rings is 1. The second kappa shape index (κ2) is 7.39. The highest BCUT2D eigenvalue weighted by atomic mass is 16.3. The molecule has 0 amide bonds. The van der Waals surface area contributed by atoms with Crippen molar-refractivity contribution >= 4 is 0 Å². The number of rotatable bonds is 7. The summed E-state index contributed by atoms with van der Waals surface area (Å²) in [5.74, 6) is 0. The molecule has 1 unspecified atom stereocenters. The third-order valence-electron chi connectivity index (χ3n) is 2.81. The zero-order valence-corrected chi connectivity index (χ0v) is 10.4.